The van der Waals surface area contributed by atoms with Crippen molar-refractivity contribution in [1.29, 1.82) is 0 Å². The zero-order valence-corrected chi connectivity index (χ0v) is 15.4. The van der Waals surface area contributed by atoms with Crippen LogP contribution in [0.1, 0.15) is 75.8 Å². The van der Waals surface area contributed by atoms with Crippen LogP contribution in [0, 0.1) is 35.9 Å². The Morgan fingerprint density at radius 2 is 1.75 bits per heavy atom. The maximum Gasteiger partial charge on any atom is 0.129 e. The van der Waals surface area contributed by atoms with Crippen molar-refractivity contribution in [1.82, 2.24) is 0 Å². The van der Waals surface area contributed by atoms with Gasteiger partial charge in [-0.05, 0) is 92.7 Å². The molecule has 1 aromatic rings. The van der Waals surface area contributed by atoms with Crippen molar-refractivity contribution in [2.75, 3.05) is 6.61 Å². The Balaban J connectivity index is 1.54. The lowest BCUT2D eigenvalue weighted by molar-refractivity contribution is -0.0167. The monoisotopic (exact) mass is 330 g/mol. The van der Waals surface area contributed by atoms with Crippen LogP contribution in [-0.2, 0) is 0 Å². The normalized spacial score (nSPS) is 35.8. The topological polar surface area (TPSA) is 9.23 Å². The summed E-state index contributed by atoms with van der Waals surface area (Å²) in [7, 11) is 0. The first kappa shape index (κ1) is 16.4. The summed E-state index contributed by atoms with van der Waals surface area (Å²) in [5, 5.41) is 0. The number of hydrogen-bond donors (Lipinski definition) is 0. The van der Waals surface area contributed by atoms with Gasteiger partial charge in [0.25, 0.3) is 0 Å². The van der Waals surface area contributed by atoms with Gasteiger partial charge in [-0.25, -0.2) is 4.39 Å². The third-order valence-electron chi connectivity index (χ3n) is 6.60. The molecule has 0 saturated heterocycles. The van der Waals surface area contributed by atoms with Crippen molar-refractivity contribution < 1.29 is 9.13 Å². The van der Waals surface area contributed by atoms with E-state index < -0.39 is 0 Å². The molecule has 3 fully saturated rings. The van der Waals surface area contributed by atoms with Crippen LogP contribution in [-0.4, -0.2) is 6.61 Å². The van der Waals surface area contributed by atoms with Crippen LogP contribution in [0.15, 0.2) is 12.1 Å². The average molecular weight is 330 g/mol. The second-order valence-electron chi connectivity index (χ2n) is 9.36. The molecule has 2 atom stereocenters. The smallest absolute Gasteiger partial charge is 0.129 e. The molecule has 2 unspecified atom stereocenters. The van der Waals surface area contributed by atoms with Crippen molar-refractivity contribution in [3.63, 3.8) is 0 Å². The van der Waals surface area contributed by atoms with E-state index in [1.165, 1.54) is 50.5 Å². The minimum atomic E-state index is -0.126. The van der Waals surface area contributed by atoms with Crippen LogP contribution in [0.4, 0.5) is 4.39 Å². The summed E-state index contributed by atoms with van der Waals surface area (Å²) in [5.74, 6) is 3.77. The molecule has 0 N–H and O–H groups in total. The Kier molecular flexibility index (Phi) is 4.13. The summed E-state index contributed by atoms with van der Waals surface area (Å²) in [6.45, 7) is 7.44. The fraction of sp³-hybridized carbons (Fsp3) is 0.727. The molecule has 132 valence electrons. The molecule has 2 bridgehead atoms. The first-order valence-corrected chi connectivity index (χ1v) is 9.87. The Labute approximate surface area is 146 Å². The van der Waals surface area contributed by atoms with E-state index in [1.807, 2.05) is 13.0 Å². The molecule has 0 aromatic heterocycles. The Hall–Kier alpha value is -1.05. The van der Waals surface area contributed by atoms with E-state index in [0.29, 0.717) is 11.3 Å². The van der Waals surface area contributed by atoms with Crippen molar-refractivity contribution in [3.05, 3.63) is 29.1 Å². The molecule has 3 aliphatic carbocycles. The van der Waals surface area contributed by atoms with E-state index in [-0.39, 0.29) is 5.82 Å². The molecule has 0 radical (unpaired) electrons. The quantitative estimate of drug-likeness (QED) is 0.634. The summed E-state index contributed by atoms with van der Waals surface area (Å²) >= 11 is 0. The predicted molar refractivity (Wildman–Crippen MR) is 95.9 cm³/mol. The standard InChI is InChI=1S/C22H31FO/c1-14-6-17-7-15(2)11-22(10-14,12-17)13-24-21-9-20(23)16(3)8-19(21)18-4-5-18/h8-9,14-15,17-18H,4-7,10-13H2,1-3H3. The van der Waals surface area contributed by atoms with Crippen LogP contribution in [0.2, 0.25) is 0 Å². The fourth-order valence-electron chi connectivity index (χ4n) is 5.84. The zero-order valence-electron chi connectivity index (χ0n) is 15.4. The maximum atomic E-state index is 14.1. The van der Waals surface area contributed by atoms with Gasteiger partial charge in [0.1, 0.15) is 11.6 Å². The molecule has 1 aromatic carbocycles. The Bertz CT molecular complexity index is 599. The fourth-order valence-corrected chi connectivity index (χ4v) is 5.84. The number of fused-ring (bicyclic) bond motifs is 2. The second kappa shape index (κ2) is 6.04. The van der Waals surface area contributed by atoms with Gasteiger partial charge in [0.2, 0.25) is 0 Å². The average Bonchev–Trinajstić information content (AvgIpc) is 3.31. The number of hydrogen-bond acceptors (Lipinski definition) is 1. The first-order chi connectivity index (χ1) is 11.4. The van der Waals surface area contributed by atoms with Crippen LogP contribution < -0.4 is 4.74 Å². The van der Waals surface area contributed by atoms with Gasteiger partial charge in [-0.1, -0.05) is 13.8 Å². The summed E-state index contributed by atoms with van der Waals surface area (Å²) in [4.78, 5) is 0. The van der Waals surface area contributed by atoms with Crippen molar-refractivity contribution in [3.8, 4) is 5.75 Å². The van der Waals surface area contributed by atoms with E-state index in [0.717, 1.165) is 35.7 Å². The lowest BCUT2D eigenvalue weighted by atomic mass is 9.57. The van der Waals surface area contributed by atoms with Gasteiger partial charge < -0.3 is 4.74 Å². The van der Waals surface area contributed by atoms with Crippen LogP contribution in [0.3, 0.4) is 0 Å². The molecule has 0 spiro atoms. The van der Waals surface area contributed by atoms with Gasteiger partial charge >= 0.3 is 0 Å². The minimum absolute atomic E-state index is 0.126. The van der Waals surface area contributed by atoms with Crippen LogP contribution in [0.25, 0.3) is 0 Å². The molecule has 4 rings (SSSR count). The highest BCUT2D eigenvalue weighted by molar-refractivity contribution is 5.42. The molecule has 0 amide bonds. The number of rotatable bonds is 4. The van der Waals surface area contributed by atoms with E-state index in [4.69, 9.17) is 4.74 Å². The molecular weight excluding hydrogens is 299 g/mol. The van der Waals surface area contributed by atoms with Crippen molar-refractivity contribution in [2.24, 2.45) is 23.2 Å². The SMILES string of the molecule is Cc1cc(C2CC2)c(OCC23CC(C)CC(CC(C)C2)C3)cc1F. The highest BCUT2D eigenvalue weighted by atomic mass is 19.1. The van der Waals surface area contributed by atoms with Crippen LogP contribution >= 0.6 is 0 Å². The van der Waals surface area contributed by atoms with E-state index >= 15 is 0 Å². The third-order valence-corrected chi connectivity index (χ3v) is 6.60. The lowest BCUT2D eigenvalue weighted by Gasteiger charge is -2.49. The van der Waals surface area contributed by atoms with Gasteiger partial charge in [-0.3, -0.25) is 0 Å². The summed E-state index contributed by atoms with van der Waals surface area (Å²) in [6, 6.07) is 3.67. The molecule has 24 heavy (non-hydrogen) atoms. The zero-order chi connectivity index (χ0) is 16.9. The summed E-state index contributed by atoms with van der Waals surface area (Å²) in [5.41, 5.74) is 2.32. The lowest BCUT2D eigenvalue weighted by Crippen LogP contribution is -2.43. The van der Waals surface area contributed by atoms with Crippen molar-refractivity contribution >= 4 is 0 Å². The Morgan fingerprint density at radius 1 is 1.08 bits per heavy atom. The number of benzene rings is 1. The van der Waals surface area contributed by atoms with Gasteiger partial charge in [-0.15, -0.1) is 0 Å². The number of ether oxygens (including phenoxy) is 1. The van der Waals surface area contributed by atoms with E-state index in [9.17, 15) is 4.39 Å². The summed E-state index contributed by atoms with van der Waals surface area (Å²) in [6.07, 6.45) is 9.10. The molecule has 3 aliphatic rings. The Morgan fingerprint density at radius 3 is 2.38 bits per heavy atom. The van der Waals surface area contributed by atoms with Gasteiger partial charge in [0, 0.05) is 11.5 Å². The van der Waals surface area contributed by atoms with Gasteiger partial charge in [0.05, 0.1) is 6.61 Å². The molecular formula is C22H31FO. The molecule has 2 heteroatoms. The predicted octanol–water partition coefficient (Wildman–Crippen LogP) is 6.24. The summed E-state index contributed by atoms with van der Waals surface area (Å²) < 4.78 is 20.5. The molecule has 0 aliphatic heterocycles. The van der Waals surface area contributed by atoms with E-state index in [1.54, 1.807) is 6.07 Å². The third kappa shape index (κ3) is 3.21. The number of aryl methyl sites for hydroxylation is 1. The largest absolute Gasteiger partial charge is 0.493 e. The van der Waals surface area contributed by atoms with Gasteiger partial charge in [-0.2, -0.15) is 0 Å². The van der Waals surface area contributed by atoms with Crippen molar-refractivity contribution in [2.45, 2.75) is 71.6 Å². The number of halogens is 1. The van der Waals surface area contributed by atoms with Gasteiger partial charge in [0.15, 0.2) is 0 Å². The first-order valence-electron chi connectivity index (χ1n) is 9.87. The molecule has 3 saturated carbocycles. The minimum Gasteiger partial charge on any atom is -0.493 e. The second-order valence-corrected chi connectivity index (χ2v) is 9.36. The molecule has 0 heterocycles. The molecule has 1 nitrogen and oxygen atoms in total. The maximum absolute atomic E-state index is 14.1. The highest BCUT2D eigenvalue weighted by Gasteiger charge is 2.45. The van der Waals surface area contributed by atoms with E-state index in [2.05, 4.69) is 13.8 Å². The van der Waals surface area contributed by atoms with Crippen LogP contribution in [0.5, 0.6) is 5.75 Å². The highest BCUT2D eigenvalue weighted by Crippen LogP contribution is 2.53.